The van der Waals surface area contributed by atoms with Crippen molar-refractivity contribution in [2.45, 2.75) is 4.90 Å². The Morgan fingerprint density at radius 3 is 2.10 bits per heavy atom. The van der Waals surface area contributed by atoms with Crippen molar-refractivity contribution in [3.05, 3.63) is 83.0 Å². The summed E-state index contributed by atoms with van der Waals surface area (Å²) in [7, 11) is -2.00. The highest BCUT2D eigenvalue weighted by atomic mass is 32.2. The molecule has 146 valence electrons. The maximum absolute atomic E-state index is 13.3. The summed E-state index contributed by atoms with van der Waals surface area (Å²) in [5.41, 5.74) is 2.91. The van der Waals surface area contributed by atoms with E-state index in [1.165, 1.54) is 12.1 Å². The molecule has 0 saturated carbocycles. The number of hydrogen-bond acceptors (Lipinski definition) is 5. The van der Waals surface area contributed by atoms with Crippen LogP contribution in [0.15, 0.2) is 86.9 Å². The van der Waals surface area contributed by atoms with Crippen molar-refractivity contribution in [2.75, 3.05) is 12.4 Å². The van der Waals surface area contributed by atoms with Gasteiger partial charge in [0.25, 0.3) is 0 Å². The molecule has 6 nitrogen and oxygen atoms in total. The van der Waals surface area contributed by atoms with Crippen molar-refractivity contribution in [1.82, 2.24) is 0 Å². The number of nitrogens with two attached hydrogens (primary N) is 1. The van der Waals surface area contributed by atoms with E-state index in [2.05, 4.69) is 5.32 Å². The molecule has 0 aliphatic rings. The molecule has 7 heteroatoms. The van der Waals surface area contributed by atoms with E-state index in [0.717, 1.165) is 5.69 Å². The first-order valence-corrected chi connectivity index (χ1v) is 10.4. The molecule has 0 atom stereocenters. The number of rotatable bonds is 4. The van der Waals surface area contributed by atoms with Crippen LogP contribution in [0.2, 0.25) is 0 Å². The van der Waals surface area contributed by atoms with Gasteiger partial charge >= 0.3 is 0 Å². The standard InChI is InChI=1S/C22H18N2O4S/c1-24-16-10-6-14(7-11-16)20-21(25)18-4-2-3-5-19(18)28-22(20)15-8-12-17(13-9-15)29(23,26)27/h2-13,24H,1H3,(H2,23,26,27). The Hall–Kier alpha value is -3.42. The summed E-state index contributed by atoms with van der Waals surface area (Å²) in [5, 5.41) is 8.71. The molecule has 0 bridgehead atoms. The lowest BCUT2D eigenvalue weighted by Crippen LogP contribution is -2.12. The summed E-state index contributed by atoms with van der Waals surface area (Å²) < 4.78 is 29.2. The lowest BCUT2D eigenvalue weighted by Gasteiger charge is -2.11. The molecular formula is C22H18N2O4S. The van der Waals surface area contributed by atoms with Crippen molar-refractivity contribution in [2.24, 2.45) is 5.14 Å². The Balaban J connectivity index is 2.00. The third-order valence-corrected chi connectivity index (χ3v) is 5.63. The van der Waals surface area contributed by atoms with Crippen LogP contribution in [0.4, 0.5) is 5.69 Å². The highest BCUT2D eigenvalue weighted by molar-refractivity contribution is 7.89. The normalized spacial score (nSPS) is 11.5. The fourth-order valence-electron chi connectivity index (χ4n) is 3.21. The van der Waals surface area contributed by atoms with Crippen molar-refractivity contribution >= 4 is 26.7 Å². The summed E-state index contributed by atoms with van der Waals surface area (Å²) >= 11 is 0. The van der Waals surface area contributed by atoms with Gasteiger partial charge in [0, 0.05) is 18.3 Å². The zero-order valence-corrected chi connectivity index (χ0v) is 16.4. The number of sulfonamides is 1. The van der Waals surface area contributed by atoms with Gasteiger partial charge in [-0.1, -0.05) is 24.3 Å². The van der Waals surface area contributed by atoms with Gasteiger partial charge in [0.2, 0.25) is 15.5 Å². The summed E-state index contributed by atoms with van der Waals surface area (Å²) in [4.78, 5) is 13.3. The van der Waals surface area contributed by atoms with Crippen LogP contribution in [0.25, 0.3) is 33.4 Å². The smallest absolute Gasteiger partial charge is 0.238 e. The summed E-state index contributed by atoms with van der Waals surface area (Å²) in [6, 6.07) is 20.4. The quantitative estimate of drug-likeness (QED) is 0.536. The van der Waals surface area contributed by atoms with Gasteiger partial charge in [-0.25, -0.2) is 13.6 Å². The fraction of sp³-hybridized carbons (Fsp3) is 0.0455. The second-order valence-corrected chi connectivity index (χ2v) is 8.09. The average Bonchev–Trinajstić information content (AvgIpc) is 2.73. The van der Waals surface area contributed by atoms with Crippen molar-refractivity contribution in [3.63, 3.8) is 0 Å². The van der Waals surface area contributed by atoms with Crippen LogP contribution >= 0.6 is 0 Å². The van der Waals surface area contributed by atoms with Crippen LogP contribution in [-0.4, -0.2) is 15.5 Å². The zero-order valence-electron chi connectivity index (χ0n) is 15.5. The molecule has 1 aromatic heterocycles. The number of benzene rings is 3. The molecule has 3 aromatic carbocycles. The van der Waals surface area contributed by atoms with E-state index in [9.17, 15) is 13.2 Å². The lowest BCUT2D eigenvalue weighted by atomic mass is 9.98. The van der Waals surface area contributed by atoms with E-state index < -0.39 is 10.0 Å². The molecule has 0 unspecified atom stereocenters. The maximum atomic E-state index is 13.3. The Morgan fingerprint density at radius 1 is 0.862 bits per heavy atom. The molecule has 4 rings (SSSR count). The molecule has 4 aromatic rings. The molecule has 29 heavy (non-hydrogen) atoms. The van der Waals surface area contributed by atoms with E-state index in [1.807, 2.05) is 31.3 Å². The molecule has 1 heterocycles. The van der Waals surface area contributed by atoms with Gasteiger partial charge in [-0.2, -0.15) is 0 Å². The molecule has 3 N–H and O–H groups in total. The van der Waals surface area contributed by atoms with Crippen molar-refractivity contribution < 1.29 is 12.8 Å². The van der Waals surface area contributed by atoms with Crippen LogP contribution < -0.4 is 15.9 Å². The van der Waals surface area contributed by atoms with E-state index >= 15 is 0 Å². The molecule has 0 aliphatic carbocycles. The first-order valence-electron chi connectivity index (χ1n) is 8.86. The molecular weight excluding hydrogens is 388 g/mol. The summed E-state index contributed by atoms with van der Waals surface area (Å²) in [6.45, 7) is 0. The van der Waals surface area contributed by atoms with Gasteiger partial charge in [-0.15, -0.1) is 0 Å². The number of nitrogens with one attached hydrogen (secondary N) is 1. The predicted octanol–water partition coefficient (Wildman–Crippen LogP) is 3.82. The second-order valence-electron chi connectivity index (χ2n) is 6.53. The Kier molecular flexibility index (Phi) is 4.70. The maximum Gasteiger partial charge on any atom is 0.238 e. The van der Waals surface area contributed by atoms with Crippen molar-refractivity contribution in [1.29, 1.82) is 0 Å². The average molecular weight is 406 g/mol. The molecule has 0 saturated heterocycles. The molecule has 0 amide bonds. The molecule has 0 radical (unpaired) electrons. The fourth-order valence-corrected chi connectivity index (χ4v) is 3.72. The number of anilines is 1. The number of primary sulfonamides is 1. The van der Waals surface area contributed by atoms with Crippen LogP contribution in [0, 0.1) is 0 Å². The number of fused-ring (bicyclic) bond motifs is 1. The first-order chi connectivity index (χ1) is 13.9. The van der Waals surface area contributed by atoms with Gasteiger partial charge in [0.05, 0.1) is 15.8 Å². The van der Waals surface area contributed by atoms with E-state index in [-0.39, 0.29) is 10.3 Å². The van der Waals surface area contributed by atoms with E-state index in [1.54, 1.807) is 36.4 Å². The van der Waals surface area contributed by atoms with Gasteiger partial charge in [-0.3, -0.25) is 4.79 Å². The van der Waals surface area contributed by atoms with Gasteiger partial charge in [0.1, 0.15) is 11.3 Å². The summed E-state index contributed by atoms with van der Waals surface area (Å²) in [6.07, 6.45) is 0. The Morgan fingerprint density at radius 2 is 1.48 bits per heavy atom. The monoisotopic (exact) mass is 406 g/mol. The third-order valence-electron chi connectivity index (χ3n) is 4.71. The van der Waals surface area contributed by atoms with Crippen LogP contribution in [-0.2, 0) is 10.0 Å². The topological polar surface area (TPSA) is 102 Å². The Bertz CT molecular complexity index is 1360. The largest absolute Gasteiger partial charge is 0.455 e. The van der Waals surface area contributed by atoms with E-state index in [0.29, 0.717) is 33.4 Å². The molecule has 0 aliphatic heterocycles. The van der Waals surface area contributed by atoms with Gasteiger partial charge in [0.15, 0.2) is 0 Å². The zero-order chi connectivity index (χ0) is 20.6. The third kappa shape index (κ3) is 3.53. The first kappa shape index (κ1) is 18.9. The van der Waals surface area contributed by atoms with E-state index in [4.69, 9.17) is 9.56 Å². The predicted molar refractivity (Wildman–Crippen MR) is 114 cm³/mol. The van der Waals surface area contributed by atoms with Crippen LogP contribution in [0.5, 0.6) is 0 Å². The minimum absolute atomic E-state index is 0.00990. The highest BCUT2D eigenvalue weighted by Gasteiger charge is 2.18. The molecule has 0 spiro atoms. The van der Waals surface area contributed by atoms with Gasteiger partial charge < -0.3 is 9.73 Å². The minimum atomic E-state index is -3.81. The highest BCUT2D eigenvalue weighted by Crippen LogP contribution is 2.33. The van der Waals surface area contributed by atoms with Crippen molar-refractivity contribution in [3.8, 4) is 22.5 Å². The second kappa shape index (κ2) is 7.20. The SMILES string of the molecule is CNc1ccc(-c2c(-c3ccc(S(N)(=O)=O)cc3)oc3ccccc3c2=O)cc1. The number of para-hydroxylation sites is 1. The van der Waals surface area contributed by atoms with Gasteiger partial charge in [-0.05, 0) is 54.1 Å². The Labute approximate surface area is 167 Å². The van der Waals surface area contributed by atoms with Crippen LogP contribution in [0.1, 0.15) is 0 Å². The summed E-state index contributed by atoms with van der Waals surface area (Å²) in [5.74, 6) is 0.367. The molecule has 0 fully saturated rings. The van der Waals surface area contributed by atoms with Crippen LogP contribution in [0.3, 0.4) is 0 Å². The lowest BCUT2D eigenvalue weighted by molar-refractivity contribution is 0.597. The minimum Gasteiger partial charge on any atom is -0.455 e. The number of hydrogen-bond donors (Lipinski definition) is 2.